The van der Waals surface area contributed by atoms with Crippen LogP contribution in [0.25, 0.3) is 0 Å². The predicted octanol–water partition coefficient (Wildman–Crippen LogP) is 0.704. The van der Waals surface area contributed by atoms with Crippen molar-refractivity contribution in [3.05, 3.63) is 11.1 Å². The van der Waals surface area contributed by atoms with Gasteiger partial charge in [0.05, 0.1) is 18.8 Å². The zero-order valence-corrected chi connectivity index (χ0v) is 10.4. The number of anilines is 1. The van der Waals surface area contributed by atoms with Crippen LogP contribution in [-0.2, 0) is 4.79 Å². The van der Waals surface area contributed by atoms with Crippen LogP contribution in [0, 0.1) is 6.92 Å². The first-order chi connectivity index (χ1) is 7.65. The Morgan fingerprint density at radius 2 is 2.44 bits per heavy atom. The molecule has 0 radical (unpaired) electrons. The average Bonchev–Trinajstić information content (AvgIpc) is 2.63. The average molecular weight is 243 g/mol. The zero-order chi connectivity index (χ0) is 12.0. The van der Waals surface area contributed by atoms with Gasteiger partial charge in [0, 0.05) is 11.9 Å². The fourth-order valence-electron chi connectivity index (χ4n) is 1.26. The highest BCUT2D eigenvalue weighted by Crippen LogP contribution is 2.13. The minimum Gasteiger partial charge on any atom is -0.395 e. The molecule has 90 valence electrons. The molecule has 0 aromatic carbocycles. The molecule has 5 nitrogen and oxygen atoms in total. The van der Waals surface area contributed by atoms with Crippen LogP contribution in [0.3, 0.4) is 0 Å². The molecule has 0 fully saturated rings. The Morgan fingerprint density at radius 3 is 2.94 bits per heavy atom. The highest BCUT2D eigenvalue weighted by Gasteiger charge is 2.09. The number of hydrogen-bond donors (Lipinski definition) is 2. The van der Waals surface area contributed by atoms with Crippen LogP contribution < -0.4 is 5.32 Å². The summed E-state index contributed by atoms with van der Waals surface area (Å²) in [6, 6.07) is 0. The van der Waals surface area contributed by atoms with E-state index in [0.717, 1.165) is 12.2 Å². The summed E-state index contributed by atoms with van der Waals surface area (Å²) in [5, 5.41) is 14.0. The molecule has 1 heterocycles. The first-order valence-corrected chi connectivity index (χ1v) is 6.09. The lowest BCUT2D eigenvalue weighted by Crippen LogP contribution is -2.35. The summed E-state index contributed by atoms with van der Waals surface area (Å²) in [5.41, 5.74) is 0.906. The Morgan fingerprint density at radius 1 is 1.69 bits per heavy atom. The maximum atomic E-state index is 11.6. The zero-order valence-electron chi connectivity index (χ0n) is 9.56. The molecule has 0 saturated carbocycles. The van der Waals surface area contributed by atoms with Crippen LogP contribution in [-0.4, -0.2) is 47.1 Å². The van der Waals surface area contributed by atoms with Crippen molar-refractivity contribution in [2.75, 3.05) is 31.6 Å². The smallest absolute Gasteiger partial charge is 0.240 e. The summed E-state index contributed by atoms with van der Waals surface area (Å²) in [7, 11) is 0. The second kappa shape index (κ2) is 6.57. The van der Waals surface area contributed by atoms with Gasteiger partial charge in [-0.3, -0.25) is 9.69 Å². The molecule has 0 aliphatic heterocycles. The number of nitrogens with one attached hydrogen (secondary N) is 1. The number of carbonyl (C=O) groups is 1. The molecule has 16 heavy (non-hydrogen) atoms. The molecule has 1 amide bonds. The van der Waals surface area contributed by atoms with Gasteiger partial charge in [-0.1, -0.05) is 6.92 Å². The molecule has 0 saturated heterocycles. The maximum absolute atomic E-state index is 11.6. The van der Waals surface area contributed by atoms with E-state index in [1.165, 1.54) is 11.3 Å². The SMILES string of the molecule is CCN(CCO)CC(=O)Nc1nc(C)cs1. The van der Waals surface area contributed by atoms with Gasteiger partial charge in [0.15, 0.2) is 5.13 Å². The van der Waals surface area contributed by atoms with E-state index in [1.54, 1.807) is 0 Å². The van der Waals surface area contributed by atoms with E-state index >= 15 is 0 Å². The molecule has 0 bridgehead atoms. The third kappa shape index (κ3) is 4.26. The monoisotopic (exact) mass is 243 g/mol. The fraction of sp³-hybridized carbons (Fsp3) is 0.600. The van der Waals surface area contributed by atoms with Crippen molar-refractivity contribution in [3.8, 4) is 0 Å². The van der Waals surface area contributed by atoms with Crippen molar-refractivity contribution in [2.45, 2.75) is 13.8 Å². The maximum Gasteiger partial charge on any atom is 0.240 e. The van der Waals surface area contributed by atoms with E-state index < -0.39 is 0 Å². The van der Waals surface area contributed by atoms with E-state index in [1.807, 2.05) is 24.1 Å². The lowest BCUT2D eigenvalue weighted by atomic mass is 10.4. The van der Waals surface area contributed by atoms with Gasteiger partial charge in [-0.2, -0.15) is 0 Å². The summed E-state index contributed by atoms with van der Waals surface area (Å²) in [5.74, 6) is -0.0929. The minimum absolute atomic E-state index is 0.0669. The van der Waals surface area contributed by atoms with Gasteiger partial charge >= 0.3 is 0 Å². The van der Waals surface area contributed by atoms with Gasteiger partial charge in [0.2, 0.25) is 5.91 Å². The number of thiazole rings is 1. The number of amides is 1. The number of aromatic nitrogens is 1. The number of likely N-dealkylation sites (N-methyl/N-ethyl adjacent to an activating group) is 1. The molecule has 0 unspecified atom stereocenters. The first-order valence-electron chi connectivity index (χ1n) is 5.21. The number of aliphatic hydroxyl groups is 1. The first kappa shape index (κ1) is 13.1. The van der Waals surface area contributed by atoms with E-state index in [-0.39, 0.29) is 19.1 Å². The molecule has 6 heteroatoms. The summed E-state index contributed by atoms with van der Waals surface area (Å²) in [6.45, 7) is 5.45. The van der Waals surface area contributed by atoms with Crippen LogP contribution >= 0.6 is 11.3 Å². The Labute approximate surface area is 99.1 Å². The van der Waals surface area contributed by atoms with Crippen LogP contribution in [0.2, 0.25) is 0 Å². The highest BCUT2D eigenvalue weighted by molar-refractivity contribution is 7.13. The molecular weight excluding hydrogens is 226 g/mol. The molecule has 0 atom stereocenters. The third-order valence-electron chi connectivity index (χ3n) is 2.10. The van der Waals surface area contributed by atoms with Gasteiger partial charge in [-0.05, 0) is 13.5 Å². The summed E-state index contributed by atoms with van der Waals surface area (Å²) < 4.78 is 0. The van der Waals surface area contributed by atoms with E-state index in [2.05, 4.69) is 10.3 Å². The topological polar surface area (TPSA) is 65.5 Å². The number of carbonyl (C=O) groups excluding carboxylic acids is 1. The molecule has 2 N–H and O–H groups in total. The van der Waals surface area contributed by atoms with Gasteiger partial charge in [0.25, 0.3) is 0 Å². The number of aliphatic hydroxyl groups excluding tert-OH is 1. The quantitative estimate of drug-likeness (QED) is 0.772. The molecule has 0 aliphatic carbocycles. The van der Waals surface area contributed by atoms with Crippen molar-refractivity contribution in [1.82, 2.24) is 9.88 Å². The van der Waals surface area contributed by atoms with Gasteiger partial charge < -0.3 is 10.4 Å². The largest absolute Gasteiger partial charge is 0.395 e. The molecule has 1 aromatic rings. The summed E-state index contributed by atoms with van der Waals surface area (Å²) in [6.07, 6.45) is 0. The molecule has 0 spiro atoms. The molecule has 0 aliphatic rings. The second-order valence-corrected chi connectivity index (χ2v) is 4.29. The van der Waals surface area contributed by atoms with Crippen LogP contribution in [0.4, 0.5) is 5.13 Å². The van der Waals surface area contributed by atoms with Crippen molar-refractivity contribution in [1.29, 1.82) is 0 Å². The fourth-order valence-corrected chi connectivity index (χ4v) is 1.97. The van der Waals surface area contributed by atoms with E-state index in [9.17, 15) is 4.79 Å². The van der Waals surface area contributed by atoms with Crippen LogP contribution in [0.1, 0.15) is 12.6 Å². The standard InChI is InChI=1S/C10H17N3O2S/c1-3-13(4-5-14)6-9(15)12-10-11-8(2)7-16-10/h7,14H,3-6H2,1-2H3,(H,11,12,15). The number of hydrogen-bond acceptors (Lipinski definition) is 5. The van der Waals surface area contributed by atoms with Gasteiger partial charge in [-0.25, -0.2) is 4.98 Å². The van der Waals surface area contributed by atoms with E-state index in [4.69, 9.17) is 5.11 Å². The normalized spacial score (nSPS) is 10.8. The number of nitrogens with zero attached hydrogens (tertiary/aromatic N) is 2. The Bertz CT molecular complexity index is 341. The summed E-state index contributed by atoms with van der Waals surface area (Å²) in [4.78, 5) is 17.6. The molecule has 1 aromatic heterocycles. The van der Waals surface area contributed by atoms with Gasteiger partial charge in [-0.15, -0.1) is 11.3 Å². The Balaban J connectivity index is 2.40. The van der Waals surface area contributed by atoms with Crippen molar-refractivity contribution < 1.29 is 9.90 Å². The Hall–Kier alpha value is -0.980. The number of aryl methyl sites for hydroxylation is 1. The summed E-state index contributed by atoms with van der Waals surface area (Å²) >= 11 is 1.41. The van der Waals surface area contributed by atoms with E-state index in [0.29, 0.717) is 11.7 Å². The lowest BCUT2D eigenvalue weighted by Gasteiger charge is -2.17. The van der Waals surface area contributed by atoms with Crippen LogP contribution in [0.5, 0.6) is 0 Å². The number of rotatable bonds is 6. The van der Waals surface area contributed by atoms with Gasteiger partial charge in [0.1, 0.15) is 0 Å². The van der Waals surface area contributed by atoms with Crippen molar-refractivity contribution in [2.24, 2.45) is 0 Å². The molecule has 1 rings (SSSR count). The van der Waals surface area contributed by atoms with Crippen molar-refractivity contribution >= 4 is 22.4 Å². The van der Waals surface area contributed by atoms with Crippen molar-refractivity contribution in [3.63, 3.8) is 0 Å². The Kier molecular flexibility index (Phi) is 5.37. The second-order valence-electron chi connectivity index (χ2n) is 3.43. The lowest BCUT2D eigenvalue weighted by molar-refractivity contribution is -0.117. The molecular formula is C10H17N3O2S. The van der Waals surface area contributed by atoms with Crippen LogP contribution in [0.15, 0.2) is 5.38 Å². The minimum atomic E-state index is -0.0929. The predicted molar refractivity (Wildman–Crippen MR) is 64.7 cm³/mol. The highest BCUT2D eigenvalue weighted by atomic mass is 32.1. The third-order valence-corrected chi connectivity index (χ3v) is 2.97.